The van der Waals surface area contributed by atoms with Gasteiger partial charge in [0.2, 0.25) is 0 Å². The van der Waals surface area contributed by atoms with Crippen LogP contribution in [0.5, 0.6) is 0 Å². The maximum Gasteiger partial charge on any atom is 0.255 e. The summed E-state index contributed by atoms with van der Waals surface area (Å²) in [5, 5.41) is 2.72. The van der Waals surface area contributed by atoms with Gasteiger partial charge in [-0.05, 0) is 60.7 Å². The molecule has 0 radical (unpaired) electrons. The number of Topliss-reactive ketones (excluding diaryl/α,β-unsaturated/α-hetero) is 1. The molecule has 4 nitrogen and oxygen atoms in total. The summed E-state index contributed by atoms with van der Waals surface area (Å²) in [6, 6.07) is 15.7. The summed E-state index contributed by atoms with van der Waals surface area (Å²) in [5.74, 6) is 1.11. The van der Waals surface area contributed by atoms with Crippen molar-refractivity contribution in [3.63, 3.8) is 0 Å². The lowest BCUT2D eigenvalue weighted by atomic mass is 10.1. The lowest BCUT2D eigenvalue weighted by molar-refractivity contribution is 0.101. The molecule has 0 spiro atoms. The zero-order valence-corrected chi connectivity index (χ0v) is 14.6. The first kappa shape index (κ1) is 17.9. The van der Waals surface area contributed by atoms with E-state index in [0.717, 1.165) is 5.76 Å². The number of rotatable bonds is 7. The van der Waals surface area contributed by atoms with E-state index in [2.05, 4.69) is 5.32 Å². The second kappa shape index (κ2) is 8.49. The summed E-state index contributed by atoms with van der Waals surface area (Å²) < 4.78 is 18.1. The molecule has 1 N–H and O–H groups in total. The number of carbonyl (C=O) groups is 2. The van der Waals surface area contributed by atoms with Crippen LogP contribution >= 0.6 is 11.8 Å². The third kappa shape index (κ3) is 4.83. The van der Waals surface area contributed by atoms with E-state index in [9.17, 15) is 14.0 Å². The molecule has 1 heterocycles. The fraction of sp³-hybridized carbons (Fsp3) is 0.100. The molecule has 132 valence electrons. The number of hydrogen-bond donors (Lipinski definition) is 1. The second-order valence-electron chi connectivity index (χ2n) is 5.53. The van der Waals surface area contributed by atoms with Crippen molar-refractivity contribution in [2.45, 2.75) is 5.75 Å². The van der Waals surface area contributed by atoms with Crippen LogP contribution in [0.2, 0.25) is 0 Å². The molecule has 26 heavy (non-hydrogen) atoms. The number of nitrogens with one attached hydrogen (secondary N) is 1. The number of carbonyl (C=O) groups excluding carboxylic acids is 2. The Kier molecular flexibility index (Phi) is 5.86. The van der Waals surface area contributed by atoms with Crippen LogP contribution in [0.1, 0.15) is 26.5 Å². The fourth-order valence-electron chi connectivity index (χ4n) is 2.27. The lowest BCUT2D eigenvalue weighted by Gasteiger charge is -2.06. The average Bonchev–Trinajstić information content (AvgIpc) is 3.16. The molecule has 0 atom stereocenters. The lowest BCUT2D eigenvalue weighted by Crippen LogP contribution is -2.12. The third-order valence-electron chi connectivity index (χ3n) is 3.63. The molecule has 0 aliphatic carbocycles. The third-order valence-corrected chi connectivity index (χ3v) is 4.58. The monoisotopic (exact) mass is 369 g/mol. The Hall–Kier alpha value is -2.86. The Morgan fingerprint density at radius 3 is 2.31 bits per heavy atom. The quantitative estimate of drug-likeness (QED) is 0.609. The Morgan fingerprint density at radius 1 is 0.962 bits per heavy atom. The van der Waals surface area contributed by atoms with Crippen LogP contribution in [0.3, 0.4) is 0 Å². The molecular formula is C20H16FNO3S. The predicted octanol–water partition coefficient (Wildman–Crippen LogP) is 4.79. The minimum atomic E-state index is -0.394. The van der Waals surface area contributed by atoms with Gasteiger partial charge in [-0.2, -0.15) is 0 Å². The number of furan rings is 1. The van der Waals surface area contributed by atoms with Crippen molar-refractivity contribution in [1.29, 1.82) is 0 Å². The highest BCUT2D eigenvalue weighted by atomic mass is 32.2. The molecule has 0 saturated carbocycles. The van der Waals surface area contributed by atoms with Crippen LogP contribution in [0.25, 0.3) is 0 Å². The van der Waals surface area contributed by atoms with Gasteiger partial charge < -0.3 is 9.73 Å². The van der Waals surface area contributed by atoms with Crippen molar-refractivity contribution in [3.8, 4) is 0 Å². The molecule has 1 amide bonds. The first-order chi connectivity index (χ1) is 12.6. The molecule has 3 rings (SSSR count). The molecule has 1 aromatic heterocycles. The number of benzene rings is 2. The van der Waals surface area contributed by atoms with Crippen molar-refractivity contribution in [2.75, 3.05) is 11.1 Å². The largest absolute Gasteiger partial charge is 0.468 e. The van der Waals surface area contributed by atoms with Crippen LogP contribution in [-0.4, -0.2) is 17.4 Å². The van der Waals surface area contributed by atoms with Gasteiger partial charge in [0.15, 0.2) is 5.78 Å². The molecule has 0 unspecified atom stereocenters. The summed E-state index contributed by atoms with van der Waals surface area (Å²) in [5.41, 5.74) is 1.51. The van der Waals surface area contributed by atoms with Crippen LogP contribution in [0, 0.1) is 5.82 Å². The smallest absolute Gasteiger partial charge is 0.255 e. The molecule has 0 aliphatic rings. The van der Waals surface area contributed by atoms with Crippen LogP contribution in [-0.2, 0) is 5.75 Å². The van der Waals surface area contributed by atoms with Gasteiger partial charge in [0.05, 0.1) is 17.8 Å². The van der Waals surface area contributed by atoms with Gasteiger partial charge in [0, 0.05) is 16.8 Å². The van der Waals surface area contributed by atoms with Crippen molar-refractivity contribution in [3.05, 3.63) is 89.6 Å². The molecule has 3 aromatic rings. The summed E-state index contributed by atoms with van der Waals surface area (Å²) in [4.78, 5) is 24.3. The number of thioether (sulfide) groups is 1. The zero-order valence-electron chi connectivity index (χ0n) is 13.8. The molecular weight excluding hydrogens is 353 g/mol. The topological polar surface area (TPSA) is 59.3 Å². The van der Waals surface area contributed by atoms with E-state index < -0.39 is 5.82 Å². The number of halogens is 1. The predicted molar refractivity (Wildman–Crippen MR) is 100.0 cm³/mol. The van der Waals surface area contributed by atoms with Gasteiger partial charge in [-0.3, -0.25) is 9.59 Å². The Balaban J connectivity index is 1.53. The maximum atomic E-state index is 12.9. The molecule has 0 saturated heterocycles. The standard InChI is InChI=1S/C20H16FNO3S/c21-16-7-3-15(4-8-16)20(24)22-17-9-5-14(6-10-17)19(23)13-26-12-18-2-1-11-25-18/h1-11H,12-13H2,(H,22,24). The van der Waals surface area contributed by atoms with Crippen molar-refractivity contribution in [1.82, 2.24) is 0 Å². The summed E-state index contributed by atoms with van der Waals surface area (Å²) >= 11 is 1.48. The number of amides is 1. The first-order valence-corrected chi connectivity index (χ1v) is 9.07. The zero-order chi connectivity index (χ0) is 18.4. The van der Waals surface area contributed by atoms with E-state index in [4.69, 9.17) is 4.42 Å². The molecule has 2 aromatic carbocycles. The van der Waals surface area contributed by atoms with E-state index in [1.807, 2.05) is 12.1 Å². The normalized spacial score (nSPS) is 10.5. The molecule has 0 aliphatic heterocycles. The summed E-state index contributed by atoms with van der Waals surface area (Å²) in [6.07, 6.45) is 1.61. The maximum absolute atomic E-state index is 12.9. The molecule has 0 bridgehead atoms. The van der Waals surface area contributed by atoms with E-state index in [-0.39, 0.29) is 11.7 Å². The van der Waals surface area contributed by atoms with Crippen LogP contribution in [0.15, 0.2) is 71.3 Å². The average molecular weight is 369 g/mol. The SMILES string of the molecule is O=C(CSCc1ccco1)c1ccc(NC(=O)c2ccc(F)cc2)cc1. The molecule has 0 fully saturated rings. The van der Waals surface area contributed by atoms with Gasteiger partial charge >= 0.3 is 0 Å². The van der Waals surface area contributed by atoms with Crippen molar-refractivity contribution < 1.29 is 18.4 Å². The van der Waals surface area contributed by atoms with Crippen molar-refractivity contribution in [2.24, 2.45) is 0 Å². The summed E-state index contributed by atoms with van der Waals surface area (Å²) in [7, 11) is 0. The Bertz CT molecular complexity index is 874. The number of anilines is 1. The second-order valence-corrected chi connectivity index (χ2v) is 6.52. The van der Waals surface area contributed by atoms with E-state index >= 15 is 0 Å². The Labute approximate surface area is 154 Å². The Morgan fingerprint density at radius 2 is 1.65 bits per heavy atom. The highest BCUT2D eigenvalue weighted by Crippen LogP contribution is 2.16. The van der Waals surface area contributed by atoms with Crippen LogP contribution < -0.4 is 5.32 Å². The minimum absolute atomic E-state index is 0.0120. The van der Waals surface area contributed by atoms with E-state index in [1.165, 1.54) is 36.0 Å². The van der Waals surface area contributed by atoms with E-state index in [1.54, 1.807) is 30.5 Å². The highest BCUT2D eigenvalue weighted by molar-refractivity contribution is 7.99. The van der Waals surface area contributed by atoms with E-state index in [0.29, 0.717) is 28.3 Å². The van der Waals surface area contributed by atoms with Crippen molar-refractivity contribution >= 4 is 29.1 Å². The fourth-order valence-corrected chi connectivity index (χ4v) is 3.09. The van der Waals surface area contributed by atoms with Gasteiger partial charge in [0.25, 0.3) is 5.91 Å². The van der Waals surface area contributed by atoms with Gasteiger partial charge in [-0.15, -0.1) is 11.8 Å². The summed E-state index contributed by atoms with van der Waals surface area (Å²) in [6.45, 7) is 0. The van der Waals surface area contributed by atoms with Gasteiger partial charge in [-0.25, -0.2) is 4.39 Å². The molecule has 6 heteroatoms. The van der Waals surface area contributed by atoms with Gasteiger partial charge in [0.1, 0.15) is 11.6 Å². The minimum Gasteiger partial charge on any atom is -0.468 e. The number of hydrogen-bond acceptors (Lipinski definition) is 4. The first-order valence-electron chi connectivity index (χ1n) is 7.92. The number of ketones is 1. The van der Waals surface area contributed by atoms with Gasteiger partial charge in [-0.1, -0.05) is 0 Å². The van der Waals surface area contributed by atoms with Crippen LogP contribution in [0.4, 0.5) is 10.1 Å². The highest BCUT2D eigenvalue weighted by Gasteiger charge is 2.09.